The Morgan fingerprint density at radius 1 is 1.05 bits per heavy atom. The zero-order valence-electron chi connectivity index (χ0n) is 12.1. The summed E-state index contributed by atoms with van der Waals surface area (Å²) >= 11 is 0. The van der Waals surface area contributed by atoms with Crippen molar-refractivity contribution in [2.45, 2.75) is 19.4 Å². The molecule has 0 aromatic heterocycles. The average Bonchev–Trinajstić information content (AvgIpc) is 2.89. The number of fused-ring (bicyclic) bond motifs is 1. The molecule has 0 saturated carbocycles. The predicted octanol–water partition coefficient (Wildman–Crippen LogP) is 3.72. The Bertz CT molecular complexity index is 637. The van der Waals surface area contributed by atoms with Gasteiger partial charge in [0, 0.05) is 11.3 Å². The van der Waals surface area contributed by atoms with Crippen LogP contribution in [0.4, 0.5) is 5.69 Å². The van der Waals surface area contributed by atoms with Crippen LogP contribution in [0.3, 0.4) is 0 Å². The third-order valence-corrected chi connectivity index (χ3v) is 3.83. The minimum Gasteiger partial charge on any atom is -0.497 e. The molecule has 104 valence electrons. The summed E-state index contributed by atoms with van der Waals surface area (Å²) in [7, 11) is 3.39. The standard InChI is InChI=1S/C17H19NO2/c1-11-4-6-15-12(8-11)9-16(18-15)14-10-13(19-2)5-7-17(14)20-3/h4-8,10,16,18H,9H2,1-3H3. The highest BCUT2D eigenvalue weighted by Crippen LogP contribution is 2.39. The van der Waals surface area contributed by atoms with Crippen LogP contribution in [-0.2, 0) is 6.42 Å². The number of nitrogens with one attached hydrogen (secondary N) is 1. The second kappa shape index (κ2) is 5.08. The first-order valence-electron chi connectivity index (χ1n) is 6.79. The van der Waals surface area contributed by atoms with Crippen LogP contribution in [0.25, 0.3) is 0 Å². The van der Waals surface area contributed by atoms with Gasteiger partial charge >= 0.3 is 0 Å². The molecule has 3 rings (SSSR count). The molecule has 2 aromatic carbocycles. The van der Waals surface area contributed by atoms with Gasteiger partial charge in [-0.05, 0) is 43.2 Å². The number of aryl methyl sites for hydroxylation is 1. The maximum Gasteiger partial charge on any atom is 0.124 e. The number of hydrogen-bond donors (Lipinski definition) is 1. The molecule has 3 heteroatoms. The maximum atomic E-state index is 5.48. The number of anilines is 1. The Morgan fingerprint density at radius 3 is 2.65 bits per heavy atom. The summed E-state index contributed by atoms with van der Waals surface area (Å²) in [6.45, 7) is 2.12. The number of methoxy groups -OCH3 is 2. The van der Waals surface area contributed by atoms with Crippen LogP contribution in [0.1, 0.15) is 22.7 Å². The van der Waals surface area contributed by atoms with Crippen molar-refractivity contribution in [3.63, 3.8) is 0 Å². The third kappa shape index (κ3) is 2.20. The second-order valence-electron chi connectivity index (χ2n) is 5.17. The van der Waals surface area contributed by atoms with Crippen LogP contribution < -0.4 is 14.8 Å². The maximum absolute atomic E-state index is 5.48. The second-order valence-corrected chi connectivity index (χ2v) is 5.17. The highest BCUT2D eigenvalue weighted by Gasteiger charge is 2.24. The fourth-order valence-electron chi connectivity index (χ4n) is 2.79. The lowest BCUT2D eigenvalue weighted by Gasteiger charge is -2.16. The quantitative estimate of drug-likeness (QED) is 0.921. The first kappa shape index (κ1) is 12.9. The molecule has 0 aliphatic carbocycles. The summed E-state index contributed by atoms with van der Waals surface area (Å²) < 4.78 is 10.8. The smallest absolute Gasteiger partial charge is 0.124 e. The molecule has 2 aromatic rings. The Hall–Kier alpha value is -2.16. The van der Waals surface area contributed by atoms with Crippen LogP contribution in [0.2, 0.25) is 0 Å². The molecule has 20 heavy (non-hydrogen) atoms. The zero-order chi connectivity index (χ0) is 14.1. The predicted molar refractivity (Wildman–Crippen MR) is 80.8 cm³/mol. The number of rotatable bonds is 3. The molecule has 0 radical (unpaired) electrons. The van der Waals surface area contributed by atoms with Crippen molar-refractivity contribution in [1.29, 1.82) is 0 Å². The lowest BCUT2D eigenvalue weighted by atomic mass is 10.0. The summed E-state index contributed by atoms with van der Waals surface area (Å²) in [4.78, 5) is 0. The minimum atomic E-state index is 0.233. The SMILES string of the molecule is COc1ccc(OC)c(C2Cc3cc(C)ccc3N2)c1. The van der Waals surface area contributed by atoms with Gasteiger partial charge in [0.1, 0.15) is 11.5 Å². The summed E-state index contributed by atoms with van der Waals surface area (Å²) in [5, 5.41) is 3.57. The van der Waals surface area contributed by atoms with E-state index in [9.17, 15) is 0 Å². The molecule has 1 heterocycles. The van der Waals surface area contributed by atoms with Gasteiger partial charge in [-0.3, -0.25) is 0 Å². The van der Waals surface area contributed by atoms with E-state index in [0.717, 1.165) is 23.5 Å². The lowest BCUT2D eigenvalue weighted by Crippen LogP contribution is -2.07. The summed E-state index contributed by atoms with van der Waals surface area (Å²) in [6, 6.07) is 12.7. The van der Waals surface area contributed by atoms with E-state index in [4.69, 9.17) is 9.47 Å². The number of hydrogen-bond acceptors (Lipinski definition) is 3. The van der Waals surface area contributed by atoms with Crippen LogP contribution in [0, 0.1) is 6.92 Å². The molecule has 0 saturated heterocycles. The van der Waals surface area contributed by atoms with E-state index in [-0.39, 0.29) is 6.04 Å². The van der Waals surface area contributed by atoms with Crippen molar-refractivity contribution in [2.24, 2.45) is 0 Å². The molecule has 0 spiro atoms. The molecule has 1 unspecified atom stereocenters. The van der Waals surface area contributed by atoms with Gasteiger partial charge < -0.3 is 14.8 Å². The van der Waals surface area contributed by atoms with E-state index in [2.05, 4.69) is 36.5 Å². The molecule has 1 N–H and O–H groups in total. The van der Waals surface area contributed by atoms with Crippen LogP contribution in [0.5, 0.6) is 11.5 Å². The van der Waals surface area contributed by atoms with Crippen molar-refractivity contribution < 1.29 is 9.47 Å². The fourth-order valence-corrected chi connectivity index (χ4v) is 2.79. The number of ether oxygens (including phenoxy) is 2. The van der Waals surface area contributed by atoms with Gasteiger partial charge in [-0.15, -0.1) is 0 Å². The van der Waals surface area contributed by atoms with E-state index in [1.165, 1.54) is 16.8 Å². The fraction of sp³-hybridized carbons (Fsp3) is 0.294. The minimum absolute atomic E-state index is 0.233. The Morgan fingerprint density at radius 2 is 1.90 bits per heavy atom. The molecule has 0 amide bonds. The molecular weight excluding hydrogens is 250 g/mol. The molecule has 1 aliphatic rings. The van der Waals surface area contributed by atoms with Crippen molar-refractivity contribution in [3.8, 4) is 11.5 Å². The summed E-state index contributed by atoms with van der Waals surface area (Å²) in [5.74, 6) is 1.75. The molecule has 0 bridgehead atoms. The molecular formula is C17H19NO2. The molecule has 1 atom stereocenters. The van der Waals surface area contributed by atoms with E-state index in [1.807, 2.05) is 12.1 Å². The first-order chi connectivity index (χ1) is 9.71. The zero-order valence-corrected chi connectivity index (χ0v) is 12.1. The highest BCUT2D eigenvalue weighted by molar-refractivity contribution is 5.60. The summed E-state index contributed by atoms with van der Waals surface area (Å²) in [5.41, 5.74) is 5.01. The highest BCUT2D eigenvalue weighted by atomic mass is 16.5. The Labute approximate surface area is 119 Å². The molecule has 3 nitrogen and oxygen atoms in total. The lowest BCUT2D eigenvalue weighted by molar-refractivity contribution is 0.396. The van der Waals surface area contributed by atoms with E-state index < -0.39 is 0 Å². The van der Waals surface area contributed by atoms with Crippen LogP contribution in [0.15, 0.2) is 36.4 Å². The first-order valence-corrected chi connectivity index (χ1v) is 6.79. The van der Waals surface area contributed by atoms with Crippen LogP contribution >= 0.6 is 0 Å². The van der Waals surface area contributed by atoms with Gasteiger partial charge in [0.25, 0.3) is 0 Å². The monoisotopic (exact) mass is 269 g/mol. The van der Waals surface area contributed by atoms with Crippen molar-refractivity contribution in [2.75, 3.05) is 19.5 Å². The molecule has 1 aliphatic heterocycles. The van der Waals surface area contributed by atoms with E-state index in [1.54, 1.807) is 14.2 Å². The van der Waals surface area contributed by atoms with E-state index in [0.29, 0.717) is 0 Å². The van der Waals surface area contributed by atoms with Crippen LogP contribution in [-0.4, -0.2) is 14.2 Å². The van der Waals surface area contributed by atoms with Gasteiger partial charge in [0.05, 0.1) is 20.3 Å². The van der Waals surface area contributed by atoms with Crippen molar-refractivity contribution >= 4 is 5.69 Å². The van der Waals surface area contributed by atoms with Crippen molar-refractivity contribution in [3.05, 3.63) is 53.1 Å². The van der Waals surface area contributed by atoms with Gasteiger partial charge in [0.15, 0.2) is 0 Å². The van der Waals surface area contributed by atoms with Gasteiger partial charge in [-0.25, -0.2) is 0 Å². The van der Waals surface area contributed by atoms with E-state index >= 15 is 0 Å². The number of benzene rings is 2. The Kier molecular flexibility index (Phi) is 3.26. The third-order valence-electron chi connectivity index (χ3n) is 3.83. The van der Waals surface area contributed by atoms with Gasteiger partial charge in [0.2, 0.25) is 0 Å². The van der Waals surface area contributed by atoms with Gasteiger partial charge in [-0.2, -0.15) is 0 Å². The van der Waals surface area contributed by atoms with Gasteiger partial charge in [-0.1, -0.05) is 17.7 Å². The normalized spacial score (nSPS) is 16.4. The average molecular weight is 269 g/mol. The summed E-state index contributed by atoms with van der Waals surface area (Å²) in [6.07, 6.45) is 0.973. The largest absolute Gasteiger partial charge is 0.497 e. The van der Waals surface area contributed by atoms with Crippen molar-refractivity contribution in [1.82, 2.24) is 0 Å². The Balaban J connectivity index is 1.95. The topological polar surface area (TPSA) is 30.5 Å². The molecule has 0 fully saturated rings.